The summed E-state index contributed by atoms with van der Waals surface area (Å²) in [5.74, 6) is -0.309. The van der Waals surface area contributed by atoms with Gasteiger partial charge in [-0.05, 0) is 36.8 Å². The molecule has 0 saturated heterocycles. The highest BCUT2D eigenvalue weighted by Crippen LogP contribution is 2.25. The molecular formula is C16H15ClFNO2. The van der Waals surface area contributed by atoms with Crippen molar-refractivity contribution in [1.82, 2.24) is 0 Å². The summed E-state index contributed by atoms with van der Waals surface area (Å²) in [5, 5.41) is 3.07. The van der Waals surface area contributed by atoms with Crippen LogP contribution in [0.4, 0.5) is 10.1 Å². The van der Waals surface area contributed by atoms with Crippen LogP contribution in [0.25, 0.3) is 0 Å². The fourth-order valence-electron chi connectivity index (χ4n) is 1.80. The fraction of sp³-hybridized carbons (Fsp3) is 0.188. The SMILES string of the molecule is CC[C@H](Oc1ccccc1Cl)C(=O)Nc1cccc(F)c1. The van der Waals surface area contributed by atoms with Crippen molar-refractivity contribution >= 4 is 23.2 Å². The number of hydrogen-bond acceptors (Lipinski definition) is 2. The second kappa shape index (κ2) is 7.09. The Hall–Kier alpha value is -2.07. The van der Waals surface area contributed by atoms with Crippen LogP contribution in [-0.4, -0.2) is 12.0 Å². The minimum absolute atomic E-state index is 0.344. The van der Waals surface area contributed by atoms with Gasteiger partial charge in [-0.15, -0.1) is 0 Å². The van der Waals surface area contributed by atoms with Crippen LogP contribution in [0, 0.1) is 5.82 Å². The zero-order valence-corrected chi connectivity index (χ0v) is 12.2. The number of carbonyl (C=O) groups excluding carboxylic acids is 1. The number of halogens is 2. The summed E-state index contributed by atoms with van der Waals surface area (Å²) < 4.78 is 18.7. The molecule has 21 heavy (non-hydrogen) atoms. The van der Waals surface area contributed by atoms with E-state index in [1.165, 1.54) is 18.2 Å². The van der Waals surface area contributed by atoms with Crippen LogP contribution in [0.2, 0.25) is 5.02 Å². The molecule has 3 nitrogen and oxygen atoms in total. The van der Waals surface area contributed by atoms with E-state index < -0.39 is 11.9 Å². The number of benzene rings is 2. The normalized spacial score (nSPS) is 11.8. The number of anilines is 1. The largest absolute Gasteiger partial charge is 0.479 e. The Balaban J connectivity index is 2.07. The first-order valence-electron chi connectivity index (χ1n) is 6.57. The van der Waals surface area contributed by atoms with Gasteiger partial charge in [-0.3, -0.25) is 4.79 Å². The molecule has 2 aromatic rings. The molecule has 0 aliphatic heterocycles. The lowest BCUT2D eigenvalue weighted by atomic mass is 10.2. The Kier molecular flexibility index (Phi) is 5.17. The van der Waals surface area contributed by atoms with Crippen molar-refractivity contribution < 1.29 is 13.9 Å². The Morgan fingerprint density at radius 3 is 2.71 bits per heavy atom. The summed E-state index contributed by atoms with van der Waals surface area (Å²) in [6, 6.07) is 12.6. The van der Waals surface area contributed by atoms with Crippen LogP contribution in [0.1, 0.15) is 13.3 Å². The molecule has 0 radical (unpaired) electrons. The number of rotatable bonds is 5. The molecule has 1 amide bonds. The van der Waals surface area contributed by atoms with Crippen molar-refractivity contribution in [1.29, 1.82) is 0 Å². The van der Waals surface area contributed by atoms with E-state index in [2.05, 4.69) is 5.32 Å². The van der Waals surface area contributed by atoms with Crippen LogP contribution >= 0.6 is 11.6 Å². The average Bonchev–Trinajstić information content (AvgIpc) is 2.46. The highest BCUT2D eigenvalue weighted by molar-refractivity contribution is 6.32. The maximum atomic E-state index is 13.1. The van der Waals surface area contributed by atoms with Gasteiger partial charge in [0.2, 0.25) is 0 Å². The lowest BCUT2D eigenvalue weighted by Gasteiger charge is -2.18. The fourth-order valence-corrected chi connectivity index (χ4v) is 1.99. The van der Waals surface area contributed by atoms with Crippen LogP contribution in [0.15, 0.2) is 48.5 Å². The highest BCUT2D eigenvalue weighted by Gasteiger charge is 2.19. The van der Waals surface area contributed by atoms with Gasteiger partial charge in [0.25, 0.3) is 5.91 Å². The highest BCUT2D eigenvalue weighted by atomic mass is 35.5. The molecule has 0 unspecified atom stereocenters. The quantitative estimate of drug-likeness (QED) is 0.895. The molecular weight excluding hydrogens is 293 g/mol. The van der Waals surface area contributed by atoms with Crippen molar-refractivity contribution in [3.05, 3.63) is 59.4 Å². The topological polar surface area (TPSA) is 38.3 Å². The molecule has 2 aromatic carbocycles. The first-order valence-corrected chi connectivity index (χ1v) is 6.95. The van der Waals surface area contributed by atoms with Crippen molar-refractivity contribution in [3.63, 3.8) is 0 Å². The van der Waals surface area contributed by atoms with E-state index >= 15 is 0 Å². The van der Waals surface area contributed by atoms with E-state index in [0.29, 0.717) is 22.9 Å². The van der Waals surface area contributed by atoms with Crippen molar-refractivity contribution in [3.8, 4) is 5.75 Å². The minimum Gasteiger partial charge on any atom is -0.479 e. The van der Waals surface area contributed by atoms with E-state index in [0.717, 1.165) is 0 Å². The van der Waals surface area contributed by atoms with Gasteiger partial charge in [0.15, 0.2) is 6.10 Å². The van der Waals surface area contributed by atoms with Crippen LogP contribution in [0.5, 0.6) is 5.75 Å². The molecule has 2 rings (SSSR count). The Bertz CT molecular complexity index is 633. The van der Waals surface area contributed by atoms with Gasteiger partial charge < -0.3 is 10.1 Å². The summed E-state index contributed by atoms with van der Waals surface area (Å²) in [7, 11) is 0. The molecule has 0 aliphatic rings. The molecule has 1 atom stereocenters. The third kappa shape index (κ3) is 4.20. The first kappa shape index (κ1) is 15.3. The Morgan fingerprint density at radius 2 is 2.05 bits per heavy atom. The predicted molar refractivity (Wildman–Crippen MR) is 81.2 cm³/mol. The molecule has 0 spiro atoms. The standard InChI is InChI=1S/C16H15ClFNO2/c1-2-14(21-15-9-4-3-8-13(15)17)16(20)19-12-7-5-6-11(18)10-12/h3-10,14H,2H2,1H3,(H,19,20)/t14-/m0/s1. The maximum absolute atomic E-state index is 13.1. The Morgan fingerprint density at radius 1 is 1.29 bits per heavy atom. The lowest BCUT2D eigenvalue weighted by Crippen LogP contribution is -2.32. The monoisotopic (exact) mass is 307 g/mol. The summed E-state index contributed by atoms with van der Waals surface area (Å²) in [5.41, 5.74) is 0.390. The summed E-state index contributed by atoms with van der Waals surface area (Å²) in [6.07, 6.45) is -0.236. The molecule has 0 heterocycles. The maximum Gasteiger partial charge on any atom is 0.265 e. The lowest BCUT2D eigenvalue weighted by molar-refractivity contribution is -0.122. The zero-order chi connectivity index (χ0) is 15.2. The number of para-hydroxylation sites is 1. The predicted octanol–water partition coefficient (Wildman–Crippen LogP) is 4.28. The molecule has 110 valence electrons. The number of ether oxygens (including phenoxy) is 1. The number of hydrogen-bond donors (Lipinski definition) is 1. The van der Waals surface area contributed by atoms with Gasteiger partial charge in [0.05, 0.1) is 5.02 Å². The summed E-state index contributed by atoms with van der Waals surface area (Å²) in [4.78, 5) is 12.2. The smallest absolute Gasteiger partial charge is 0.265 e. The van der Waals surface area contributed by atoms with E-state index in [9.17, 15) is 9.18 Å². The van der Waals surface area contributed by atoms with Gasteiger partial charge in [0, 0.05) is 5.69 Å². The number of nitrogens with one attached hydrogen (secondary N) is 1. The molecule has 0 saturated carbocycles. The van der Waals surface area contributed by atoms with Crippen LogP contribution in [-0.2, 0) is 4.79 Å². The van der Waals surface area contributed by atoms with E-state index in [1.54, 1.807) is 30.3 Å². The van der Waals surface area contributed by atoms with Gasteiger partial charge in [0.1, 0.15) is 11.6 Å². The van der Waals surface area contributed by atoms with Gasteiger partial charge in [-0.2, -0.15) is 0 Å². The number of carbonyl (C=O) groups is 1. The molecule has 1 N–H and O–H groups in total. The van der Waals surface area contributed by atoms with E-state index in [1.807, 2.05) is 6.92 Å². The van der Waals surface area contributed by atoms with E-state index in [-0.39, 0.29) is 5.91 Å². The summed E-state index contributed by atoms with van der Waals surface area (Å²) >= 11 is 6.00. The minimum atomic E-state index is -0.701. The van der Waals surface area contributed by atoms with Crippen LogP contribution < -0.4 is 10.1 Å². The Labute approximate surface area is 127 Å². The summed E-state index contributed by atoms with van der Waals surface area (Å²) in [6.45, 7) is 1.83. The van der Waals surface area contributed by atoms with Crippen molar-refractivity contribution in [2.24, 2.45) is 0 Å². The average molecular weight is 308 g/mol. The molecule has 0 aliphatic carbocycles. The first-order chi connectivity index (χ1) is 10.1. The molecule has 0 fully saturated rings. The van der Waals surface area contributed by atoms with E-state index in [4.69, 9.17) is 16.3 Å². The zero-order valence-electron chi connectivity index (χ0n) is 11.5. The third-order valence-corrected chi connectivity index (χ3v) is 3.17. The third-order valence-electron chi connectivity index (χ3n) is 2.86. The second-order valence-corrected chi connectivity index (χ2v) is 4.85. The molecule has 0 bridgehead atoms. The van der Waals surface area contributed by atoms with Gasteiger partial charge >= 0.3 is 0 Å². The van der Waals surface area contributed by atoms with Gasteiger partial charge in [-0.1, -0.05) is 36.7 Å². The second-order valence-electron chi connectivity index (χ2n) is 4.44. The molecule has 0 aromatic heterocycles. The van der Waals surface area contributed by atoms with Gasteiger partial charge in [-0.25, -0.2) is 4.39 Å². The van der Waals surface area contributed by atoms with Crippen molar-refractivity contribution in [2.45, 2.75) is 19.4 Å². The molecule has 5 heteroatoms. The van der Waals surface area contributed by atoms with Crippen molar-refractivity contribution in [2.75, 3.05) is 5.32 Å². The number of amides is 1. The van der Waals surface area contributed by atoms with Crippen LogP contribution in [0.3, 0.4) is 0 Å².